The molecule has 1 aliphatic rings. The van der Waals surface area contributed by atoms with E-state index in [9.17, 15) is 4.79 Å². The Morgan fingerprint density at radius 3 is 2.73 bits per heavy atom. The number of carbonyl (C=O) groups excluding carboxylic acids is 1. The normalized spacial score (nSPS) is 16.0. The van der Waals surface area contributed by atoms with Gasteiger partial charge in [0.25, 0.3) is 0 Å². The summed E-state index contributed by atoms with van der Waals surface area (Å²) in [5.41, 5.74) is 1.71. The van der Waals surface area contributed by atoms with Gasteiger partial charge in [-0.25, -0.2) is 4.79 Å². The van der Waals surface area contributed by atoms with Crippen LogP contribution in [0.5, 0.6) is 0 Å². The number of hydrogen-bond donors (Lipinski definition) is 2. The molecule has 1 amide bonds. The summed E-state index contributed by atoms with van der Waals surface area (Å²) in [6, 6.07) is 8.66. The molecule has 0 spiro atoms. The maximum atomic E-state index is 11.7. The van der Waals surface area contributed by atoms with Crippen molar-refractivity contribution >= 4 is 11.8 Å². The van der Waals surface area contributed by atoms with Gasteiger partial charge in [0.05, 0.1) is 0 Å². The summed E-state index contributed by atoms with van der Waals surface area (Å²) in [6.07, 6.45) is 3.62. The second-order valence-corrected chi connectivity index (χ2v) is 7.28. The number of benzene rings is 1. The van der Waals surface area contributed by atoms with Crippen molar-refractivity contribution in [1.82, 2.24) is 5.32 Å². The molecule has 2 N–H and O–H groups in total. The molecule has 0 aromatic heterocycles. The first-order chi connectivity index (χ1) is 10.3. The van der Waals surface area contributed by atoms with Crippen LogP contribution < -0.4 is 10.6 Å². The minimum Gasteiger partial charge on any atom is -0.444 e. The van der Waals surface area contributed by atoms with E-state index < -0.39 is 5.60 Å². The molecule has 0 aliphatic heterocycles. The zero-order chi connectivity index (χ0) is 16.2. The van der Waals surface area contributed by atoms with Gasteiger partial charge >= 0.3 is 6.09 Å². The van der Waals surface area contributed by atoms with Crippen LogP contribution in [-0.4, -0.2) is 17.7 Å². The molecular formula is C18H28N2O2. The van der Waals surface area contributed by atoms with E-state index in [1.807, 2.05) is 32.9 Å². The van der Waals surface area contributed by atoms with Gasteiger partial charge in [0.1, 0.15) is 5.60 Å². The number of nitrogens with one attached hydrogen (secondary N) is 2. The second-order valence-electron chi connectivity index (χ2n) is 7.28. The van der Waals surface area contributed by atoms with Gasteiger partial charge in [-0.15, -0.1) is 0 Å². The van der Waals surface area contributed by atoms with Gasteiger partial charge in [0.15, 0.2) is 0 Å². The van der Waals surface area contributed by atoms with Crippen LogP contribution in [0.4, 0.5) is 10.5 Å². The minimum atomic E-state index is -0.467. The van der Waals surface area contributed by atoms with Crippen LogP contribution in [0.25, 0.3) is 0 Å². The number of hydrogen-bond acceptors (Lipinski definition) is 3. The molecule has 1 saturated carbocycles. The summed E-state index contributed by atoms with van der Waals surface area (Å²) >= 11 is 0. The maximum absolute atomic E-state index is 11.7. The minimum absolute atomic E-state index is 0.382. The summed E-state index contributed by atoms with van der Waals surface area (Å²) in [5.74, 6) is 0.916. The van der Waals surface area contributed by atoms with Crippen molar-refractivity contribution in [3.63, 3.8) is 0 Å². The van der Waals surface area contributed by atoms with Crippen molar-refractivity contribution < 1.29 is 9.53 Å². The summed E-state index contributed by atoms with van der Waals surface area (Å²) in [6.45, 7) is 8.28. The number of rotatable bonds is 6. The molecule has 122 valence electrons. The highest BCUT2D eigenvalue weighted by Gasteiger charge is 2.23. The van der Waals surface area contributed by atoms with Gasteiger partial charge in [0.2, 0.25) is 0 Å². The lowest BCUT2D eigenvalue weighted by atomic mass is 10.1. The zero-order valence-electron chi connectivity index (χ0n) is 14.1. The molecule has 1 aromatic rings. The van der Waals surface area contributed by atoms with Crippen molar-refractivity contribution in [2.24, 2.45) is 5.92 Å². The third kappa shape index (κ3) is 6.37. The average Bonchev–Trinajstić information content (AvgIpc) is 3.18. The van der Waals surface area contributed by atoms with Crippen LogP contribution in [0.15, 0.2) is 24.3 Å². The van der Waals surface area contributed by atoms with E-state index in [0.717, 1.165) is 17.2 Å². The molecule has 1 aliphatic carbocycles. The fourth-order valence-electron chi connectivity index (χ4n) is 2.46. The van der Waals surface area contributed by atoms with E-state index >= 15 is 0 Å². The first kappa shape index (κ1) is 16.7. The fraction of sp³-hybridized carbons (Fsp3) is 0.611. The molecule has 0 bridgehead atoms. The number of ether oxygens (including phenoxy) is 1. The quantitative estimate of drug-likeness (QED) is 0.823. The molecule has 0 heterocycles. The molecular weight excluding hydrogens is 276 g/mol. The average molecular weight is 304 g/mol. The lowest BCUT2D eigenvalue weighted by molar-refractivity contribution is 0.0523. The number of carbonyl (C=O) groups is 1. The molecule has 0 saturated heterocycles. The molecule has 4 heteroatoms. The van der Waals surface area contributed by atoms with Crippen molar-refractivity contribution in [1.29, 1.82) is 0 Å². The van der Waals surface area contributed by atoms with E-state index in [4.69, 9.17) is 4.74 Å². The van der Waals surface area contributed by atoms with Crippen LogP contribution in [0.1, 0.15) is 52.5 Å². The number of anilines is 1. The largest absolute Gasteiger partial charge is 0.444 e. The standard InChI is InChI=1S/C18H28N2O2/c1-13(10-14-8-9-14)20-16-7-5-6-15(11-16)12-19-17(21)22-18(2,3)4/h5-7,11,13-14,20H,8-10,12H2,1-4H3,(H,19,21). The molecule has 1 aromatic carbocycles. The lowest BCUT2D eigenvalue weighted by Crippen LogP contribution is -2.32. The Morgan fingerprint density at radius 1 is 1.36 bits per heavy atom. The van der Waals surface area contributed by atoms with Crippen LogP contribution in [0.3, 0.4) is 0 Å². The first-order valence-electron chi connectivity index (χ1n) is 8.14. The summed E-state index contributed by atoms with van der Waals surface area (Å²) in [4.78, 5) is 11.7. The molecule has 1 atom stereocenters. The summed E-state index contributed by atoms with van der Waals surface area (Å²) in [5, 5.41) is 6.32. The van der Waals surface area contributed by atoms with E-state index in [0.29, 0.717) is 12.6 Å². The number of amides is 1. The molecule has 4 nitrogen and oxygen atoms in total. The smallest absolute Gasteiger partial charge is 0.407 e. The predicted molar refractivity (Wildman–Crippen MR) is 89.9 cm³/mol. The van der Waals surface area contributed by atoms with Gasteiger partial charge in [-0.1, -0.05) is 25.0 Å². The van der Waals surface area contributed by atoms with Crippen LogP contribution in [-0.2, 0) is 11.3 Å². The van der Waals surface area contributed by atoms with Crippen molar-refractivity contribution in [2.75, 3.05) is 5.32 Å². The van der Waals surface area contributed by atoms with Crippen LogP contribution in [0, 0.1) is 5.92 Å². The Labute approximate surface area is 133 Å². The van der Waals surface area contributed by atoms with Crippen molar-refractivity contribution in [3.05, 3.63) is 29.8 Å². The Hall–Kier alpha value is -1.71. The third-order valence-corrected chi connectivity index (χ3v) is 3.56. The molecule has 1 unspecified atom stereocenters. The Bertz CT molecular complexity index is 504. The summed E-state index contributed by atoms with van der Waals surface area (Å²) < 4.78 is 5.24. The molecule has 2 rings (SSSR count). The maximum Gasteiger partial charge on any atom is 0.407 e. The molecule has 22 heavy (non-hydrogen) atoms. The SMILES string of the molecule is CC(CC1CC1)Nc1cccc(CNC(=O)OC(C)(C)C)c1. The lowest BCUT2D eigenvalue weighted by Gasteiger charge is -2.20. The Kier molecular flexibility index (Phi) is 5.33. The van der Waals surface area contributed by atoms with Crippen LogP contribution >= 0.6 is 0 Å². The molecule has 0 radical (unpaired) electrons. The monoisotopic (exact) mass is 304 g/mol. The third-order valence-electron chi connectivity index (χ3n) is 3.56. The van der Waals surface area contributed by atoms with Gasteiger partial charge < -0.3 is 15.4 Å². The van der Waals surface area contributed by atoms with Crippen LogP contribution in [0.2, 0.25) is 0 Å². The first-order valence-corrected chi connectivity index (χ1v) is 8.14. The Balaban J connectivity index is 1.81. The van der Waals surface area contributed by atoms with E-state index in [1.54, 1.807) is 0 Å². The van der Waals surface area contributed by atoms with Gasteiger partial charge in [-0.2, -0.15) is 0 Å². The Morgan fingerprint density at radius 2 is 2.09 bits per heavy atom. The highest BCUT2D eigenvalue weighted by molar-refractivity contribution is 5.67. The van der Waals surface area contributed by atoms with E-state index in [1.165, 1.54) is 19.3 Å². The van der Waals surface area contributed by atoms with Gasteiger partial charge in [-0.05, 0) is 57.7 Å². The van der Waals surface area contributed by atoms with Crippen molar-refractivity contribution in [3.8, 4) is 0 Å². The highest BCUT2D eigenvalue weighted by Crippen LogP contribution is 2.34. The van der Waals surface area contributed by atoms with Gasteiger partial charge in [-0.3, -0.25) is 0 Å². The highest BCUT2D eigenvalue weighted by atomic mass is 16.6. The van der Waals surface area contributed by atoms with Gasteiger partial charge in [0, 0.05) is 18.3 Å². The summed E-state index contributed by atoms with van der Waals surface area (Å²) in [7, 11) is 0. The zero-order valence-corrected chi connectivity index (χ0v) is 14.1. The van der Waals surface area contributed by atoms with E-state index in [-0.39, 0.29) is 6.09 Å². The topological polar surface area (TPSA) is 50.4 Å². The van der Waals surface area contributed by atoms with Crippen molar-refractivity contribution in [2.45, 2.75) is 65.1 Å². The van der Waals surface area contributed by atoms with E-state index in [2.05, 4.69) is 29.7 Å². The number of alkyl carbamates (subject to hydrolysis) is 1. The second kappa shape index (κ2) is 7.03. The fourth-order valence-corrected chi connectivity index (χ4v) is 2.46. The molecule has 1 fully saturated rings. The predicted octanol–water partition coefficient (Wildman–Crippen LogP) is 4.31.